The Balaban J connectivity index is 2.23. The van der Waals surface area contributed by atoms with E-state index in [1.54, 1.807) is 30.0 Å². The number of hydrogen-bond acceptors (Lipinski definition) is 4. The highest BCUT2D eigenvalue weighted by Crippen LogP contribution is 2.08. The van der Waals surface area contributed by atoms with Crippen molar-refractivity contribution in [2.75, 3.05) is 18.6 Å². The summed E-state index contributed by atoms with van der Waals surface area (Å²) in [5, 5.41) is 0. The molecule has 0 fully saturated rings. The number of furan rings is 1. The quantitative estimate of drug-likeness (QED) is 0.807. The lowest BCUT2D eigenvalue weighted by Gasteiger charge is -2.16. The van der Waals surface area contributed by atoms with Crippen LogP contribution in [0.4, 0.5) is 0 Å². The van der Waals surface area contributed by atoms with Crippen LogP contribution < -0.4 is 5.73 Å². The second-order valence-corrected chi connectivity index (χ2v) is 5.04. The maximum atomic E-state index is 11.8. The Kier molecular flexibility index (Phi) is 6.15. The zero-order valence-corrected chi connectivity index (χ0v) is 11.2. The van der Waals surface area contributed by atoms with Gasteiger partial charge in [0, 0.05) is 18.8 Å². The summed E-state index contributed by atoms with van der Waals surface area (Å²) in [6.45, 7) is 2.57. The second-order valence-electron chi connectivity index (χ2n) is 4.01. The van der Waals surface area contributed by atoms with Crippen molar-refractivity contribution in [1.82, 2.24) is 4.90 Å². The Bertz CT molecular complexity index is 327. The summed E-state index contributed by atoms with van der Waals surface area (Å²) in [7, 11) is 1.78. The van der Waals surface area contributed by atoms with Gasteiger partial charge in [0.1, 0.15) is 5.76 Å². The summed E-state index contributed by atoms with van der Waals surface area (Å²) in [6.07, 6.45) is 2.56. The maximum Gasteiger partial charge on any atom is 0.232 e. The highest BCUT2D eigenvalue weighted by Gasteiger charge is 2.11. The highest BCUT2D eigenvalue weighted by molar-refractivity contribution is 7.99. The van der Waals surface area contributed by atoms with E-state index in [2.05, 4.69) is 6.92 Å². The molecule has 0 radical (unpaired) electrons. The number of nitrogens with zero attached hydrogens (tertiary/aromatic N) is 1. The largest absolute Gasteiger partial charge is 0.467 e. The molecule has 1 rings (SSSR count). The van der Waals surface area contributed by atoms with Crippen molar-refractivity contribution in [2.24, 2.45) is 5.73 Å². The zero-order chi connectivity index (χ0) is 12.7. The van der Waals surface area contributed by atoms with E-state index < -0.39 is 0 Å². The van der Waals surface area contributed by atoms with Gasteiger partial charge in [-0.3, -0.25) is 4.79 Å². The van der Waals surface area contributed by atoms with Gasteiger partial charge in [0.25, 0.3) is 0 Å². The number of carbonyl (C=O) groups is 1. The van der Waals surface area contributed by atoms with E-state index in [9.17, 15) is 4.79 Å². The Labute approximate surface area is 107 Å². The molecule has 1 unspecified atom stereocenters. The molecule has 1 aromatic rings. The summed E-state index contributed by atoms with van der Waals surface area (Å²) in [4.78, 5) is 13.4. The first-order valence-electron chi connectivity index (χ1n) is 5.73. The molecular weight excluding hydrogens is 236 g/mol. The van der Waals surface area contributed by atoms with Crippen molar-refractivity contribution in [3.8, 4) is 0 Å². The molecule has 0 aliphatic rings. The van der Waals surface area contributed by atoms with Gasteiger partial charge in [-0.2, -0.15) is 11.8 Å². The van der Waals surface area contributed by atoms with Gasteiger partial charge in [-0.15, -0.1) is 0 Å². The van der Waals surface area contributed by atoms with Crippen molar-refractivity contribution < 1.29 is 9.21 Å². The van der Waals surface area contributed by atoms with Gasteiger partial charge in [-0.25, -0.2) is 0 Å². The first-order valence-corrected chi connectivity index (χ1v) is 6.88. The Hall–Kier alpha value is -0.940. The number of rotatable bonds is 7. The van der Waals surface area contributed by atoms with Gasteiger partial charge in [0.05, 0.1) is 18.6 Å². The Morgan fingerprint density at radius 2 is 2.41 bits per heavy atom. The van der Waals surface area contributed by atoms with Crippen LogP contribution in [-0.2, 0) is 11.3 Å². The predicted molar refractivity (Wildman–Crippen MR) is 70.8 cm³/mol. The van der Waals surface area contributed by atoms with E-state index >= 15 is 0 Å². The minimum Gasteiger partial charge on any atom is -0.467 e. The van der Waals surface area contributed by atoms with Crippen LogP contribution in [0.25, 0.3) is 0 Å². The molecule has 1 amide bonds. The monoisotopic (exact) mass is 256 g/mol. The molecule has 0 saturated carbocycles. The number of amides is 1. The van der Waals surface area contributed by atoms with Crippen molar-refractivity contribution in [3.63, 3.8) is 0 Å². The first-order chi connectivity index (χ1) is 8.13. The summed E-state index contributed by atoms with van der Waals surface area (Å²) in [6, 6.07) is 3.87. The predicted octanol–water partition coefficient (Wildman–Crippen LogP) is 1.71. The van der Waals surface area contributed by atoms with Crippen molar-refractivity contribution in [2.45, 2.75) is 25.9 Å². The molecule has 0 aliphatic heterocycles. The van der Waals surface area contributed by atoms with E-state index in [0.29, 0.717) is 12.3 Å². The molecule has 0 spiro atoms. The summed E-state index contributed by atoms with van der Waals surface area (Å²) >= 11 is 1.59. The van der Waals surface area contributed by atoms with Crippen LogP contribution in [-0.4, -0.2) is 35.4 Å². The van der Waals surface area contributed by atoms with Gasteiger partial charge in [-0.1, -0.05) is 6.92 Å². The fraction of sp³-hybridized carbons (Fsp3) is 0.583. The normalized spacial score (nSPS) is 12.4. The van der Waals surface area contributed by atoms with Crippen LogP contribution in [0, 0.1) is 0 Å². The molecule has 1 aromatic heterocycles. The molecule has 0 aliphatic carbocycles. The Morgan fingerprint density at radius 3 is 3.00 bits per heavy atom. The molecule has 5 heteroatoms. The molecule has 4 nitrogen and oxygen atoms in total. The van der Waals surface area contributed by atoms with Crippen LogP contribution in [0.1, 0.15) is 19.1 Å². The van der Waals surface area contributed by atoms with E-state index in [0.717, 1.165) is 17.9 Å². The third kappa shape index (κ3) is 5.28. The minimum absolute atomic E-state index is 0.106. The van der Waals surface area contributed by atoms with Crippen LogP contribution in [0.3, 0.4) is 0 Å². The number of thioether (sulfide) groups is 1. The van der Waals surface area contributed by atoms with Gasteiger partial charge in [0.2, 0.25) is 5.91 Å². The fourth-order valence-corrected chi connectivity index (χ4v) is 2.30. The molecule has 1 atom stereocenters. The molecular formula is C12H20N2O2S. The maximum absolute atomic E-state index is 11.8. The number of carbonyl (C=O) groups excluding carboxylic acids is 1. The van der Waals surface area contributed by atoms with Crippen molar-refractivity contribution in [3.05, 3.63) is 24.2 Å². The van der Waals surface area contributed by atoms with Crippen molar-refractivity contribution >= 4 is 17.7 Å². The summed E-state index contributed by atoms with van der Waals surface area (Å²) in [5.41, 5.74) is 5.78. The SMILES string of the molecule is CCC(N)CSCC(=O)N(C)Cc1ccco1. The summed E-state index contributed by atoms with van der Waals surface area (Å²) in [5.74, 6) is 2.22. The fourth-order valence-electron chi connectivity index (χ4n) is 1.25. The van der Waals surface area contributed by atoms with Gasteiger partial charge in [0.15, 0.2) is 0 Å². The lowest BCUT2D eigenvalue weighted by Crippen LogP contribution is -2.29. The van der Waals surface area contributed by atoms with E-state index in [-0.39, 0.29) is 11.9 Å². The number of nitrogens with two attached hydrogens (primary N) is 1. The van der Waals surface area contributed by atoms with E-state index in [4.69, 9.17) is 10.2 Å². The molecule has 0 aromatic carbocycles. The minimum atomic E-state index is 0.106. The molecule has 0 bridgehead atoms. The zero-order valence-electron chi connectivity index (χ0n) is 10.4. The number of hydrogen-bond donors (Lipinski definition) is 1. The van der Waals surface area contributed by atoms with E-state index in [1.165, 1.54) is 0 Å². The molecule has 96 valence electrons. The highest BCUT2D eigenvalue weighted by atomic mass is 32.2. The molecule has 0 saturated heterocycles. The van der Waals surface area contributed by atoms with Gasteiger partial charge >= 0.3 is 0 Å². The van der Waals surface area contributed by atoms with Gasteiger partial charge < -0.3 is 15.1 Å². The van der Waals surface area contributed by atoms with E-state index in [1.807, 2.05) is 12.1 Å². The average molecular weight is 256 g/mol. The molecule has 1 heterocycles. The van der Waals surface area contributed by atoms with Crippen LogP contribution >= 0.6 is 11.8 Å². The third-order valence-corrected chi connectivity index (χ3v) is 3.60. The summed E-state index contributed by atoms with van der Waals surface area (Å²) < 4.78 is 5.19. The molecule has 2 N–H and O–H groups in total. The van der Waals surface area contributed by atoms with Gasteiger partial charge in [-0.05, 0) is 18.6 Å². The lowest BCUT2D eigenvalue weighted by molar-refractivity contribution is -0.127. The standard InChI is InChI=1S/C12H20N2O2S/c1-3-10(13)8-17-9-12(15)14(2)7-11-5-4-6-16-11/h4-6,10H,3,7-9,13H2,1-2H3. The topological polar surface area (TPSA) is 59.5 Å². The van der Waals surface area contributed by atoms with Crippen molar-refractivity contribution in [1.29, 1.82) is 0 Å². The third-order valence-electron chi connectivity index (χ3n) is 2.48. The average Bonchev–Trinajstić information content (AvgIpc) is 2.81. The second kappa shape index (κ2) is 7.40. The first kappa shape index (κ1) is 14.1. The van der Waals surface area contributed by atoms with Crippen LogP contribution in [0.5, 0.6) is 0 Å². The Morgan fingerprint density at radius 1 is 1.65 bits per heavy atom. The van der Waals surface area contributed by atoms with Crippen LogP contribution in [0.2, 0.25) is 0 Å². The molecule has 17 heavy (non-hydrogen) atoms. The van der Waals surface area contributed by atoms with Crippen LogP contribution in [0.15, 0.2) is 22.8 Å². The lowest BCUT2D eigenvalue weighted by atomic mass is 10.3. The smallest absolute Gasteiger partial charge is 0.232 e.